The molecule has 1 heterocycles. The largest absolute Gasteiger partial charge is 0.328 e. The predicted molar refractivity (Wildman–Crippen MR) is 136 cm³/mol. The second-order valence-electron chi connectivity index (χ2n) is 7.88. The first-order valence-corrected chi connectivity index (χ1v) is 13.2. The Kier molecular flexibility index (Phi) is 7.18. The predicted octanol–water partition coefficient (Wildman–Crippen LogP) is 5.15. The van der Waals surface area contributed by atoms with Crippen LogP contribution >= 0.6 is 11.8 Å². The summed E-state index contributed by atoms with van der Waals surface area (Å²) in [6.07, 6.45) is 0. The van der Waals surface area contributed by atoms with Crippen LogP contribution in [0.25, 0.3) is 11.4 Å². The highest BCUT2D eigenvalue weighted by Gasteiger charge is 2.27. The van der Waals surface area contributed by atoms with E-state index in [9.17, 15) is 18.0 Å². The number of thioether (sulfide) groups is 1. The number of amides is 1. The van der Waals surface area contributed by atoms with E-state index in [1.54, 1.807) is 48.5 Å². The summed E-state index contributed by atoms with van der Waals surface area (Å²) >= 11 is 1.02. The molecular formula is C26H23N3O4S2. The van der Waals surface area contributed by atoms with Crippen molar-refractivity contribution in [3.8, 4) is 11.4 Å². The van der Waals surface area contributed by atoms with E-state index < -0.39 is 9.84 Å². The maximum absolute atomic E-state index is 13.4. The summed E-state index contributed by atoms with van der Waals surface area (Å²) in [6.45, 7) is 3.33. The van der Waals surface area contributed by atoms with Crippen molar-refractivity contribution in [1.82, 2.24) is 9.97 Å². The Labute approximate surface area is 207 Å². The number of hydrogen-bond acceptors (Lipinski definition) is 6. The zero-order valence-corrected chi connectivity index (χ0v) is 20.7. The molecule has 0 aliphatic carbocycles. The minimum atomic E-state index is -3.90. The van der Waals surface area contributed by atoms with Gasteiger partial charge in [-0.25, -0.2) is 13.4 Å². The lowest BCUT2D eigenvalue weighted by molar-refractivity contribution is -0.113. The number of H-pyrrole nitrogens is 1. The number of aromatic nitrogens is 2. The van der Waals surface area contributed by atoms with Gasteiger partial charge in [0.25, 0.3) is 0 Å². The normalized spacial score (nSPS) is 11.3. The highest BCUT2D eigenvalue weighted by atomic mass is 32.2. The van der Waals surface area contributed by atoms with E-state index in [0.29, 0.717) is 17.1 Å². The zero-order valence-electron chi connectivity index (χ0n) is 19.1. The van der Waals surface area contributed by atoms with Crippen LogP contribution in [0.4, 0.5) is 5.69 Å². The molecule has 0 atom stereocenters. The molecule has 0 fully saturated rings. The number of aryl methyl sites for hydroxylation is 1. The molecule has 0 radical (unpaired) electrons. The van der Waals surface area contributed by atoms with Crippen molar-refractivity contribution in [1.29, 1.82) is 0 Å². The van der Waals surface area contributed by atoms with Crippen LogP contribution < -0.4 is 5.32 Å². The van der Waals surface area contributed by atoms with Gasteiger partial charge in [-0.15, -0.1) is 0 Å². The Morgan fingerprint density at radius 1 is 0.971 bits per heavy atom. The number of benzene rings is 3. The van der Waals surface area contributed by atoms with Gasteiger partial charge in [0.2, 0.25) is 15.7 Å². The average molecular weight is 506 g/mol. The van der Waals surface area contributed by atoms with Crippen molar-refractivity contribution >= 4 is 39.0 Å². The first-order chi connectivity index (χ1) is 16.7. The molecule has 4 rings (SSSR count). The van der Waals surface area contributed by atoms with Gasteiger partial charge in [-0.05, 0) is 38.1 Å². The molecule has 4 aromatic rings. The minimum Gasteiger partial charge on any atom is -0.328 e. The standard InChI is InChI=1S/C26H23N3O4S2/c1-17-11-13-22(14-12-17)35(32,33)26-25(28-24(29-26)19-7-4-3-5-8-19)34-16-23(31)27-21-10-6-9-20(15-21)18(2)30/h3-15H,16H2,1-2H3,(H,27,31)(H,28,29). The van der Waals surface area contributed by atoms with E-state index in [-0.39, 0.29) is 32.4 Å². The molecule has 0 unspecified atom stereocenters. The Hall–Kier alpha value is -3.69. The summed E-state index contributed by atoms with van der Waals surface area (Å²) in [5.74, 6) is -0.127. The number of aromatic amines is 1. The van der Waals surface area contributed by atoms with E-state index in [4.69, 9.17) is 0 Å². The Balaban J connectivity index is 1.61. The molecule has 0 aliphatic heterocycles. The molecule has 0 spiro atoms. The molecule has 7 nitrogen and oxygen atoms in total. The first kappa shape index (κ1) is 24.4. The Morgan fingerprint density at radius 2 is 1.69 bits per heavy atom. The lowest BCUT2D eigenvalue weighted by Crippen LogP contribution is -2.14. The van der Waals surface area contributed by atoms with Gasteiger partial charge >= 0.3 is 0 Å². The molecule has 35 heavy (non-hydrogen) atoms. The SMILES string of the molecule is CC(=O)c1cccc(NC(=O)CSc2nc(-c3ccccc3)[nH]c2S(=O)(=O)c2ccc(C)cc2)c1. The van der Waals surface area contributed by atoms with Crippen molar-refractivity contribution in [3.05, 3.63) is 90.0 Å². The van der Waals surface area contributed by atoms with Crippen molar-refractivity contribution < 1.29 is 18.0 Å². The summed E-state index contributed by atoms with van der Waals surface area (Å²) in [6, 6.07) is 22.4. The monoisotopic (exact) mass is 505 g/mol. The summed E-state index contributed by atoms with van der Waals surface area (Å²) < 4.78 is 26.9. The fraction of sp³-hybridized carbons (Fsp3) is 0.115. The number of nitrogens with one attached hydrogen (secondary N) is 2. The van der Waals surface area contributed by atoms with Crippen molar-refractivity contribution in [3.63, 3.8) is 0 Å². The minimum absolute atomic E-state index is 0.0587. The number of carbonyl (C=O) groups is 2. The summed E-state index contributed by atoms with van der Waals surface area (Å²) in [7, 11) is -3.90. The number of hydrogen-bond donors (Lipinski definition) is 2. The van der Waals surface area contributed by atoms with E-state index in [0.717, 1.165) is 22.9 Å². The number of imidazole rings is 1. The first-order valence-electron chi connectivity index (χ1n) is 10.7. The zero-order chi connectivity index (χ0) is 25.0. The molecule has 3 aromatic carbocycles. The van der Waals surface area contributed by atoms with E-state index >= 15 is 0 Å². The van der Waals surface area contributed by atoms with Crippen LogP contribution in [-0.2, 0) is 14.6 Å². The summed E-state index contributed by atoms with van der Waals surface area (Å²) in [4.78, 5) is 31.8. The van der Waals surface area contributed by atoms with Gasteiger partial charge in [-0.2, -0.15) is 0 Å². The molecule has 0 aliphatic rings. The number of anilines is 1. The maximum Gasteiger partial charge on any atom is 0.234 e. The third-order valence-corrected chi connectivity index (χ3v) is 8.01. The Bertz CT molecular complexity index is 1480. The summed E-state index contributed by atoms with van der Waals surface area (Å²) in [5.41, 5.74) is 2.65. The maximum atomic E-state index is 13.4. The fourth-order valence-corrected chi connectivity index (χ4v) is 5.76. The molecule has 1 aromatic heterocycles. The van der Waals surface area contributed by atoms with Gasteiger partial charge in [0.15, 0.2) is 10.8 Å². The van der Waals surface area contributed by atoms with Gasteiger partial charge in [-0.3, -0.25) is 9.59 Å². The molecule has 2 N–H and O–H groups in total. The average Bonchev–Trinajstić information content (AvgIpc) is 3.29. The van der Waals surface area contributed by atoms with Crippen LogP contribution in [0.1, 0.15) is 22.8 Å². The van der Waals surface area contributed by atoms with Gasteiger partial charge in [0, 0.05) is 16.8 Å². The van der Waals surface area contributed by atoms with Crippen LogP contribution in [-0.4, -0.2) is 35.8 Å². The lowest BCUT2D eigenvalue weighted by atomic mass is 10.1. The number of carbonyl (C=O) groups excluding carboxylic acids is 2. The summed E-state index contributed by atoms with van der Waals surface area (Å²) in [5, 5.41) is 2.89. The molecule has 178 valence electrons. The number of nitrogens with zero attached hydrogens (tertiary/aromatic N) is 1. The third-order valence-electron chi connectivity index (χ3n) is 5.18. The van der Waals surface area contributed by atoms with Crippen LogP contribution in [0, 0.1) is 6.92 Å². The van der Waals surface area contributed by atoms with Gasteiger partial charge < -0.3 is 10.3 Å². The van der Waals surface area contributed by atoms with Crippen LogP contribution in [0.5, 0.6) is 0 Å². The van der Waals surface area contributed by atoms with E-state index in [1.807, 2.05) is 37.3 Å². The second kappa shape index (κ2) is 10.3. The number of Topliss-reactive ketones (excluding diaryl/α,β-unsaturated/α-hetero) is 1. The van der Waals surface area contributed by atoms with Crippen molar-refractivity contribution in [2.24, 2.45) is 0 Å². The molecular weight excluding hydrogens is 482 g/mol. The highest BCUT2D eigenvalue weighted by Crippen LogP contribution is 2.32. The molecule has 0 saturated heterocycles. The number of ketones is 1. The number of sulfone groups is 1. The van der Waals surface area contributed by atoms with Crippen LogP contribution in [0.15, 0.2) is 93.8 Å². The van der Waals surface area contributed by atoms with Gasteiger partial charge in [-0.1, -0.05) is 71.9 Å². The van der Waals surface area contributed by atoms with Crippen LogP contribution in [0.3, 0.4) is 0 Å². The Morgan fingerprint density at radius 3 is 2.37 bits per heavy atom. The van der Waals surface area contributed by atoms with Gasteiger partial charge in [0.1, 0.15) is 10.9 Å². The van der Waals surface area contributed by atoms with Crippen molar-refractivity contribution in [2.45, 2.75) is 28.8 Å². The molecule has 0 bridgehead atoms. The van der Waals surface area contributed by atoms with Crippen LogP contribution in [0.2, 0.25) is 0 Å². The van der Waals surface area contributed by atoms with Gasteiger partial charge in [0.05, 0.1) is 10.6 Å². The van der Waals surface area contributed by atoms with E-state index in [2.05, 4.69) is 15.3 Å². The number of rotatable bonds is 8. The third kappa shape index (κ3) is 5.70. The lowest BCUT2D eigenvalue weighted by Gasteiger charge is -2.07. The molecule has 9 heteroatoms. The van der Waals surface area contributed by atoms with Crippen molar-refractivity contribution in [2.75, 3.05) is 11.1 Å². The highest BCUT2D eigenvalue weighted by molar-refractivity contribution is 8.00. The fourth-order valence-electron chi connectivity index (χ4n) is 3.34. The van der Waals surface area contributed by atoms with E-state index in [1.165, 1.54) is 6.92 Å². The quantitative estimate of drug-likeness (QED) is 0.253. The smallest absolute Gasteiger partial charge is 0.234 e. The molecule has 0 saturated carbocycles. The topological polar surface area (TPSA) is 109 Å². The molecule has 1 amide bonds. The second-order valence-corrected chi connectivity index (χ2v) is 10.7.